The molecule has 3 heterocycles. The Kier molecular flexibility index (Phi) is 3.77. The molecule has 6 nitrogen and oxygen atoms in total. The van der Waals surface area contributed by atoms with Crippen LogP contribution in [-0.2, 0) is 18.3 Å². The SMILES string of the molecule is Cn1c(CN2CCO[C@@H](c3cnccn3)C2)nc2ccccc21. The van der Waals surface area contributed by atoms with Crippen molar-refractivity contribution in [2.45, 2.75) is 12.6 Å². The lowest BCUT2D eigenvalue weighted by Crippen LogP contribution is -2.38. The molecule has 23 heavy (non-hydrogen) atoms. The lowest BCUT2D eigenvalue weighted by atomic mass is 10.2. The van der Waals surface area contributed by atoms with Crippen molar-refractivity contribution in [3.63, 3.8) is 0 Å². The van der Waals surface area contributed by atoms with Crippen LogP contribution < -0.4 is 0 Å². The molecule has 6 heteroatoms. The Labute approximate surface area is 134 Å². The maximum Gasteiger partial charge on any atom is 0.123 e. The summed E-state index contributed by atoms with van der Waals surface area (Å²) in [6.07, 6.45) is 5.16. The van der Waals surface area contributed by atoms with Crippen LogP contribution in [0.25, 0.3) is 11.0 Å². The van der Waals surface area contributed by atoms with E-state index in [2.05, 4.69) is 38.6 Å². The fourth-order valence-electron chi connectivity index (χ4n) is 3.04. The van der Waals surface area contributed by atoms with Crippen molar-refractivity contribution in [1.29, 1.82) is 0 Å². The van der Waals surface area contributed by atoms with Crippen LogP contribution in [0, 0.1) is 0 Å². The molecule has 1 atom stereocenters. The van der Waals surface area contributed by atoms with E-state index in [-0.39, 0.29) is 6.10 Å². The molecular weight excluding hydrogens is 290 g/mol. The highest BCUT2D eigenvalue weighted by Gasteiger charge is 2.24. The average Bonchev–Trinajstić information content (AvgIpc) is 2.92. The van der Waals surface area contributed by atoms with E-state index >= 15 is 0 Å². The zero-order chi connectivity index (χ0) is 15.6. The van der Waals surface area contributed by atoms with E-state index in [1.807, 2.05) is 12.1 Å². The number of morpholine rings is 1. The fraction of sp³-hybridized carbons (Fsp3) is 0.353. The number of para-hydroxylation sites is 2. The normalized spacial score (nSPS) is 19.3. The second-order valence-electron chi connectivity index (χ2n) is 5.80. The Balaban J connectivity index is 1.53. The molecule has 3 aromatic rings. The highest BCUT2D eigenvalue weighted by atomic mass is 16.5. The van der Waals surface area contributed by atoms with E-state index in [9.17, 15) is 0 Å². The molecule has 0 bridgehead atoms. The van der Waals surface area contributed by atoms with Crippen molar-refractivity contribution in [1.82, 2.24) is 24.4 Å². The summed E-state index contributed by atoms with van der Waals surface area (Å²) >= 11 is 0. The Hall–Kier alpha value is -2.31. The van der Waals surface area contributed by atoms with Gasteiger partial charge in [-0.3, -0.25) is 14.9 Å². The fourth-order valence-corrected chi connectivity index (χ4v) is 3.04. The lowest BCUT2D eigenvalue weighted by Gasteiger charge is -2.32. The number of aromatic nitrogens is 4. The highest BCUT2D eigenvalue weighted by molar-refractivity contribution is 5.75. The number of ether oxygens (including phenoxy) is 1. The number of aryl methyl sites for hydroxylation is 1. The second-order valence-corrected chi connectivity index (χ2v) is 5.80. The number of fused-ring (bicyclic) bond motifs is 1. The second kappa shape index (κ2) is 6.06. The van der Waals surface area contributed by atoms with Crippen LogP contribution in [-0.4, -0.2) is 44.1 Å². The quantitative estimate of drug-likeness (QED) is 0.740. The van der Waals surface area contributed by atoms with Crippen LogP contribution in [0.15, 0.2) is 42.9 Å². The number of imidazole rings is 1. The van der Waals surface area contributed by atoms with Gasteiger partial charge in [0.1, 0.15) is 11.9 Å². The van der Waals surface area contributed by atoms with E-state index in [0.29, 0.717) is 6.61 Å². The molecule has 0 radical (unpaired) electrons. The first-order chi connectivity index (χ1) is 11.3. The molecule has 4 rings (SSSR count). The molecule has 2 aromatic heterocycles. The Bertz CT molecular complexity index is 801. The number of hydrogen-bond acceptors (Lipinski definition) is 5. The average molecular weight is 309 g/mol. The lowest BCUT2D eigenvalue weighted by molar-refractivity contribution is -0.0360. The standard InChI is InChI=1S/C17H19N5O/c1-21-15-5-3-2-4-13(15)20-17(21)12-22-8-9-23-16(11-22)14-10-18-6-7-19-14/h2-7,10,16H,8-9,11-12H2,1H3/t16-/m1/s1. The van der Waals surface area contributed by atoms with Gasteiger partial charge in [0.2, 0.25) is 0 Å². The summed E-state index contributed by atoms with van der Waals surface area (Å²) in [7, 11) is 2.07. The monoisotopic (exact) mass is 309 g/mol. The molecule has 0 aliphatic carbocycles. The van der Waals surface area contributed by atoms with Gasteiger partial charge in [0, 0.05) is 32.5 Å². The summed E-state index contributed by atoms with van der Waals surface area (Å²) in [5.74, 6) is 1.07. The van der Waals surface area contributed by atoms with Gasteiger partial charge in [-0.15, -0.1) is 0 Å². The molecule has 0 saturated carbocycles. The predicted molar refractivity (Wildman–Crippen MR) is 86.7 cm³/mol. The van der Waals surface area contributed by atoms with Crippen LogP contribution in [0.1, 0.15) is 17.6 Å². The van der Waals surface area contributed by atoms with Crippen LogP contribution in [0.3, 0.4) is 0 Å². The summed E-state index contributed by atoms with van der Waals surface area (Å²) in [6, 6.07) is 8.23. The van der Waals surface area contributed by atoms with E-state index in [4.69, 9.17) is 9.72 Å². The van der Waals surface area contributed by atoms with Gasteiger partial charge in [-0.25, -0.2) is 4.98 Å². The largest absolute Gasteiger partial charge is 0.369 e. The van der Waals surface area contributed by atoms with E-state index in [1.54, 1.807) is 18.6 Å². The Morgan fingerprint density at radius 1 is 1.26 bits per heavy atom. The van der Waals surface area contributed by atoms with Gasteiger partial charge in [-0.2, -0.15) is 0 Å². The molecule has 1 aliphatic rings. The summed E-state index contributed by atoms with van der Waals surface area (Å²) in [5, 5.41) is 0. The summed E-state index contributed by atoms with van der Waals surface area (Å²) in [4.78, 5) is 15.6. The van der Waals surface area contributed by atoms with E-state index in [1.165, 1.54) is 5.52 Å². The molecule has 0 spiro atoms. The van der Waals surface area contributed by atoms with Gasteiger partial charge in [-0.1, -0.05) is 12.1 Å². The topological polar surface area (TPSA) is 56.1 Å². The summed E-state index contributed by atoms with van der Waals surface area (Å²) < 4.78 is 8.02. The molecule has 0 N–H and O–H groups in total. The zero-order valence-corrected chi connectivity index (χ0v) is 13.1. The third-order valence-corrected chi connectivity index (χ3v) is 4.31. The number of nitrogens with zero attached hydrogens (tertiary/aromatic N) is 5. The van der Waals surface area contributed by atoms with Crippen molar-refractivity contribution >= 4 is 11.0 Å². The van der Waals surface area contributed by atoms with E-state index < -0.39 is 0 Å². The van der Waals surface area contributed by atoms with Gasteiger partial charge < -0.3 is 9.30 Å². The van der Waals surface area contributed by atoms with Crippen molar-refractivity contribution in [2.75, 3.05) is 19.7 Å². The first-order valence-electron chi connectivity index (χ1n) is 7.81. The van der Waals surface area contributed by atoms with Crippen LogP contribution >= 0.6 is 0 Å². The smallest absolute Gasteiger partial charge is 0.123 e. The van der Waals surface area contributed by atoms with Gasteiger partial charge in [0.15, 0.2) is 0 Å². The zero-order valence-electron chi connectivity index (χ0n) is 13.1. The molecule has 1 aromatic carbocycles. The third kappa shape index (κ3) is 2.83. The third-order valence-electron chi connectivity index (χ3n) is 4.31. The van der Waals surface area contributed by atoms with Crippen LogP contribution in [0.4, 0.5) is 0 Å². The summed E-state index contributed by atoms with van der Waals surface area (Å²) in [6.45, 7) is 3.22. The minimum Gasteiger partial charge on any atom is -0.369 e. The van der Waals surface area contributed by atoms with Crippen LogP contribution in [0.5, 0.6) is 0 Å². The highest BCUT2D eigenvalue weighted by Crippen LogP contribution is 2.22. The minimum absolute atomic E-state index is 0.0212. The van der Waals surface area contributed by atoms with Gasteiger partial charge in [-0.05, 0) is 12.1 Å². The van der Waals surface area contributed by atoms with Crippen molar-refractivity contribution in [2.24, 2.45) is 7.05 Å². The minimum atomic E-state index is -0.0212. The first-order valence-corrected chi connectivity index (χ1v) is 7.81. The maximum absolute atomic E-state index is 5.85. The number of hydrogen-bond donors (Lipinski definition) is 0. The first kappa shape index (κ1) is 14.3. The van der Waals surface area contributed by atoms with Crippen LogP contribution in [0.2, 0.25) is 0 Å². The molecule has 1 fully saturated rings. The summed E-state index contributed by atoms with van der Waals surface area (Å²) in [5.41, 5.74) is 3.10. The van der Waals surface area contributed by atoms with Crippen molar-refractivity contribution in [3.05, 3.63) is 54.4 Å². The maximum atomic E-state index is 5.85. The van der Waals surface area contributed by atoms with Crippen molar-refractivity contribution < 1.29 is 4.74 Å². The molecule has 118 valence electrons. The number of rotatable bonds is 3. The molecule has 1 saturated heterocycles. The molecular formula is C17H19N5O. The molecule has 0 amide bonds. The van der Waals surface area contributed by atoms with Gasteiger partial charge >= 0.3 is 0 Å². The Morgan fingerprint density at radius 3 is 3.00 bits per heavy atom. The van der Waals surface area contributed by atoms with Gasteiger partial charge in [0.05, 0.1) is 36.1 Å². The molecule has 1 aliphatic heterocycles. The van der Waals surface area contributed by atoms with Gasteiger partial charge in [0.25, 0.3) is 0 Å². The van der Waals surface area contributed by atoms with E-state index in [0.717, 1.165) is 36.7 Å². The van der Waals surface area contributed by atoms with Crippen molar-refractivity contribution in [3.8, 4) is 0 Å². The Morgan fingerprint density at radius 2 is 2.17 bits per heavy atom. The number of benzene rings is 1. The molecule has 0 unspecified atom stereocenters. The predicted octanol–water partition coefficient (Wildman–Crippen LogP) is 1.94.